The first-order chi connectivity index (χ1) is 10.5. The third kappa shape index (κ3) is 4.02. The maximum absolute atomic E-state index is 12.1. The molecule has 0 spiro atoms. The van der Waals surface area contributed by atoms with Crippen LogP contribution in [0.3, 0.4) is 0 Å². The Labute approximate surface area is 137 Å². The van der Waals surface area contributed by atoms with Gasteiger partial charge in [-0.15, -0.1) is 0 Å². The first-order valence-corrected chi connectivity index (χ1v) is 11.1. The predicted octanol–water partition coefficient (Wildman–Crippen LogP) is 2.01. The lowest BCUT2D eigenvalue weighted by atomic mass is 9.90. The molecule has 0 aliphatic heterocycles. The van der Waals surface area contributed by atoms with E-state index in [9.17, 15) is 14.7 Å². The smallest absolute Gasteiger partial charge is 0.328 e. The van der Waals surface area contributed by atoms with Gasteiger partial charge in [-0.3, -0.25) is 14.3 Å². The van der Waals surface area contributed by atoms with E-state index >= 15 is 0 Å². The van der Waals surface area contributed by atoms with Crippen LogP contribution in [0.5, 0.6) is 0 Å². The summed E-state index contributed by atoms with van der Waals surface area (Å²) in [7, 11) is -2.02. The van der Waals surface area contributed by atoms with Gasteiger partial charge in [0.1, 0.15) is 0 Å². The molecule has 0 unspecified atom stereocenters. The Morgan fingerprint density at radius 2 is 1.96 bits per heavy atom. The van der Waals surface area contributed by atoms with Crippen molar-refractivity contribution in [3.63, 3.8) is 0 Å². The summed E-state index contributed by atoms with van der Waals surface area (Å²) in [5.74, 6) is 0. The van der Waals surface area contributed by atoms with E-state index in [4.69, 9.17) is 4.43 Å². The summed E-state index contributed by atoms with van der Waals surface area (Å²) in [6.45, 7) is 10.8. The Morgan fingerprint density at radius 3 is 2.52 bits per heavy atom. The summed E-state index contributed by atoms with van der Waals surface area (Å²) in [5.41, 5.74) is -0.813. The van der Waals surface area contributed by atoms with Gasteiger partial charge in [0, 0.05) is 18.7 Å². The van der Waals surface area contributed by atoms with Crippen LogP contribution in [-0.4, -0.2) is 35.2 Å². The first-order valence-electron chi connectivity index (χ1n) is 8.18. The van der Waals surface area contributed by atoms with Crippen LogP contribution < -0.4 is 11.2 Å². The third-order valence-electron chi connectivity index (χ3n) is 5.19. The van der Waals surface area contributed by atoms with Crippen molar-refractivity contribution in [3.05, 3.63) is 33.1 Å². The van der Waals surface area contributed by atoms with Gasteiger partial charge in [-0.2, -0.15) is 0 Å². The molecule has 1 aliphatic carbocycles. The summed E-state index contributed by atoms with van der Waals surface area (Å²) < 4.78 is 8.04. The Bertz CT molecular complexity index is 659. The summed E-state index contributed by atoms with van der Waals surface area (Å²) in [5, 5.41) is 10.1. The van der Waals surface area contributed by atoms with E-state index in [0.717, 1.165) is 0 Å². The standard InChI is InChI=1S/C16H28N2O4Si/c1-16(2,3)23(4,5)22-13-10-11(19)6-7-12(13)18-9-8-14(20)17-15(18)21/h8-9,11-13,19H,6-7,10H2,1-5H3,(H,17,20,21)/t11-,12-,13-/m1/s1. The van der Waals surface area contributed by atoms with Crippen LogP contribution in [0.25, 0.3) is 0 Å². The molecule has 1 aromatic rings. The molecule has 1 aromatic heterocycles. The zero-order chi connectivity index (χ0) is 17.4. The average Bonchev–Trinajstić information content (AvgIpc) is 2.38. The molecule has 0 radical (unpaired) electrons. The van der Waals surface area contributed by atoms with Crippen molar-refractivity contribution < 1.29 is 9.53 Å². The lowest BCUT2D eigenvalue weighted by Crippen LogP contribution is -2.50. The van der Waals surface area contributed by atoms with Gasteiger partial charge in [0.05, 0.1) is 18.2 Å². The SMILES string of the molecule is CC(C)(C)[Si](C)(C)O[C@@H]1C[C@H](O)CC[C@H]1n1ccc(=O)[nH]c1=O. The van der Waals surface area contributed by atoms with E-state index in [-0.39, 0.29) is 17.2 Å². The normalized spacial score (nSPS) is 26.3. The Hall–Kier alpha value is -1.18. The molecule has 0 aromatic carbocycles. The number of aromatic amines is 1. The van der Waals surface area contributed by atoms with Crippen molar-refractivity contribution in [3.8, 4) is 0 Å². The minimum atomic E-state index is -2.02. The van der Waals surface area contributed by atoms with Crippen LogP contribution in [0.2, 0.25) is 18.1 Å². The summed E-state index contributed by atoms with van der Waals surface area (Å²) in [6.07, 6.45) is 2.72. The van der Waals surface area contributed by atoms with Crippen molar-refractivity contribution in [2.24, 2.45) is 0 Å². The molecule has 2 rings (SSSR count). The topological polar surface area (TPSA) is 84.3 Å². The lowest BCUT2D eigenvalue weighted by Gasteiger charge is -2.44. The van der Waals surface area contributed by atoms with Gasteiger partial charge in [0.25, 0.3) is 5.56 Å². The van der Waals surface area contributed by atoms with Gasteiger partial charge >= 0.3 is 5.69 Å². The van der Waals surface area contributed by atoms with Gasteiger partial charge in [0.15, 0.2) is 8.32 Å². The van der Waals surface area contributed by atoms with Crippen LogP contribution in [0.4, 0.5) is 0 Å². The number of aliphatic hydroxyl groups is 1. The van der Waals surface area contributed by atoms with Gasteiger partial charge in [-0.1, -0.05) is 20.8 Å². The highest BCUT2D eigenvalue weighted by Gasteiger charge is 2.42. The number of nitrogens with zero attached hydrogens (tertiary/aromatic N) is 1. The second-order valence-corrected chi connectivity index (χ2v) is 12.7. The van der Waals surface area contributed by atoms with E-state index in [1.165, 1.54) is 12.3 Å². The molecular formula is C16H28N2O4Si. The van der Waals surface area contributed by atoms with E-state index in [0.29, 0.717) is 19.3 Å². The van der Waals surface area contributed by atoms with E-state index in [1.54, 1.807) is 4.57 Å². The van der Waals surface area contributed by atoms with Crippen LogP contribution in [0.15, 0.2) is 21.9 Å². The molecule has 0 amide bonds. The van der Waals surface area contributed by atoms with E-state index in [1.807, 2.05) is 0 Å². The minimum Gasteiger partial charge on any atom is -0.412 e. The van der Waals surface area contributed by atoms with Gasteiger partial charge in [-0.05, 0) is 31.0 Å². The summed E-state index contributed by atoms with van der Waals surface area (Å²) in [4.78, 5) is 25.7. The molecule has 1 heterocycles. The number of hydrogen-bond acceptors (Lipinski definition) is 4. The number of aromatic nitrogens is 2. The minimum absolute atomic E-state index is 0.0515. The highest BCUT2D eigenvalue weighted by molar-refractivity contribution is 6.74. The number of rotatable bonds is 3. The molecule has 1 fully saturated rings. The van der Waals surface area contributed by atoms with Crippen molar-refractivity contribution in [2.75, 3.05) is 0 Å². The second kappa shape index (κ2) is 6.37. The third-order valence-corrected chi connectivity index (χ3v) is 9.69. The van der Waals surface area contributed by atoms with Crippen LogP contribution in [-0.2, 0) is 4.43 Å². The summed E-state index contributed by atoms with van der Waals surface area (Å²) in [6, 6.07) is 1.20. The van der Waals surface area contributed by atoms with Gasteiger partial charge < -0.3 is 9.53 Å². The molecule has 1 saturated carbocycles. The fraction of sp³-hybridized carbons (Fsp3) is 0.750. The maximum atomic E-state index is 12.1. The zero-order valence-electron chi connectivity index (χ0n) is 14.6. The van der Waals surface area contributed by atoms with E-state index in [2.05, 4.69) is 38.8 Å². The number of H-pyrrole nitrogens is 1. The molecule has 0 bridgehead atoms. The van der Waals surface area contributed by atoms with Crippen molar-refractivity contribution in [2.45, 2.75) is 76.4 Å². The molecule has 2 N–H and O–H groups in total. The Kier molecular flexibility index (Phi) is 5.03. The number of hydrogen-bond donors (Lipinski definition) is 2. The maximum Gasteiger partial charge on any atom is 0.328 e. The molecule has 7 heteroatoms. The van der Waals surface area contributed by atoms with Crippen LogP contribution in [0.1, 0.15) is 46.1 Å². The van der Waals surface area contributed by atoms with Crippen LogP contribution >= 0.6 is 0 Å². The van der Waals surface area contributed by atoms with Crippen molar-refractivity contribution in [1.82, 2.24) is 9.55 Å². The predicted molar refractivity (Wildman–Crippen MR) is 92.3 cm³/mol. The van der Waals surface area contributed by atoms with Crippen molar-refractivity contribution >= 4 is 8.32 Å². The monoisotopic (exact) mass is 340 g/mol. The second-order valence-electron chi connectivity index (χ2n) is 7.97. The van der Waals surface area contributed by atoms with Crippen LogP contribution in [0, 0.1) is 0 Å². The molecule has 130 valence electrons. The zero-order valence-corrected chi connectivity index (χ0v) is 15.6. The van der Waals surface area contributed by atoms with Gasteiger partial charge in [-0.25, -0.2) is 4.79 Å². The highest BCUT2D eigenvalue weighted by atomic mass is 28.4. The average molecular weight is 340 g/mol. The van der Waals surface area contributed by atoms with E-state index < -0.39 is 25.7 Å². The molecule has 3 atom stereocenters. The molecular weight excluding hydrogens is 312 g/mol. The number of aliphatic hydroxyl groups excluding tert-OH is 1. The quantitative estimate of drug-likeness (QED) is 0.825. The van der Waals surface area contributed by atoms with Gasteiger partial charge in [0.2, 0.25) is 0 Å². The first kappa shape index (κ1) is 18.2. The molecule has 23 heavy (non-hydrogen) atoms. The number of nitrogens with one attached hydrogen (secondary N) is 1. The highest BCUT2D eigenvalue weighted by Crippen LogP contribution is 2.41. The Morgan fingerprint density at radius 1 is 1.30 bits per heavy atom. The lowest BCUT2D eigenvalue weighted by molar-refractivity contribution is 0.0114. The fourth-order valence-corrected chi connectivity index (χ4v) is 4.14. The molecule has 1 aliphatic rings. The molecule has 0 saturated heterocycles. The fourth-order valence-electron chi connectivity index (χ4n) is 2.78. The summed E-state index contributed by atoms with van der Waals surface area (Å²) >= 11 is 0. The largest absolute Gasteiger partial charge is 0.412 e. The molecule has 6 nitrogen and oxygen atoms in total. The Balaban J connectivity index is 2.33. The van der Waals surface area contributed by atoms with Crippen molar-refractivity contribution in [1.29, 1.82) is 0 Å².